The molecule has 3 atom stereocenters. The lowest BCUT2D eigenvalue weighted by Gasteiger charge is -2.48. The molecule has 10 heteroatoms. The maximum Gasteiger partial charge on any atom is 0.317 e. The summed E-state index contributed by atoms with van der Waals surface area (Å²) < 4.78 is 40.1. The van der Waals surface area contributed by atoms with Gasteiger partial charge in [-0.15, -0.1) is 0 Å². The van der Waals surface area contributed by atoms with Gasteiger partial charge in [-0.05, 0) is 0 Å². The average molecular weight is 391 g/mol. The van der Waals surface area contributed by atoms with Gasteiger partial charge in [-0.2, -0.15) is 0 Å². The minimum absolute atomic E-state index is 0.0907. The zero-order valence-corrected chi connectivity index (χ0v) is 15.5. The first-order chi connectivity index (χ1) is 13.2. The van der Waals surface area contributed by atoms with Crippen LogP contribution in [0.1, 0.15) is 0 Å². The lowest BCUT2D eigenvalue weighted by molar-refractivity contribution is -0.358. The van der Waals surface area contributed by atoms with Crippen molar-refractivity contribution < 1.29 is 43.1 Å². The number of hydrogen-bond acceptors (Lipinski definition) is 9. The van der Waals surface area contributed by atoms with Crippen LogP contribution in [0.4, 0.5) is 0 Å². The van der Waals surface area contributed by atoms with E-state index in [0.717, 1.165) is 0 Å². The molecule has 1 N–H and O–H groups in total. The Kier molecular flexibility index (Phi) is 8.22. The number of aliphatic carboxylic acids is 1. The summed E-state index contributed by atoms with van der Waals surface area (Å²) in [4.78, 5) is 13.0. The van der Waals surface area contributed by atoms with E-state index in [2.05, 4.69) is 0 Å². The molecular formula is C17H29NO9. The van der Waals surface area contributed by atoms with Crippen molar-refractivity contribution in [1.82, 2.24) is 4.90 Å². The molecule has 1 spiro atoms. The number of carboxylic acid groups (broad SMARTS) is 1. The van der Waals surface area contributed by atoms with Crippen LogP contribution in [0.5, 0.6) is 0 Å². The molecule has 0 unspecified atom stereocenters. The fourth-order valence-electron chi connectivity index (χ4n) is 3.40. The summed E-state index contributed by atoms with van der Waals surface area (Å²) in [5, 5.41) is 9.18. The van der Waals surface area contributed by atoms with Gasteiger partial charge in [0.2, 0.25) is 5.79 Å². The number of morpholine rings is 1. The van der Waals surface area contributed by atoms with E-state index in [1.807, 2.05) is 0 Å². The molecule has 0 radical (unpaired) electrons. The minimum Gasteiger partial charge on any atom is -0.480 e. The second-order valence-electron chi connectivity index (χ2n) is 6.84. The monoisotopic (exact) mass is 391 g/mol. The van der Waals surface area contributed by atoms with Crippen LogP contribution in [0.25, 0.3) is 0 Å². The van der Waals surface area contributed by atoms with Crippen LogP contribution in [0, 0.1) is 0 Å². The molecule has 156 valence electrons. The third-order valence-electron chi connectivity index (χ3n) is 4.40. The number of ether oxygens (including phenoxy) is 7. The summed E-state index contributed by atoms with van der Waals surface area (Å²) in [6.07, 6.45) is -0.607. The van der Waals surface area contributed by atoms with E-state index in [1.165, 1.54) is 0 Å². The molecule has 3 heterocycles. The maximum atomic E-state index is 11.2. The average Bonchev–Trinajstić information content (AvgIpc) is 2.61. The van der Waals surface area contributed by atoms with Crippen molar-refractivity contribution >= 4 is 5.97 Å². The lowest BCUT2D eigenvalue weighted by Crippen LogP contribution is -2.64. The van der Waals surface area contributed by atoms with Gasteiger partial charge in [-0.1, -0.05) is 0 Å². The molecule has 3 bridgehead atoms. The fraction of sp³-hybridized carbons (Fsp3) is 0.941. The highest BCUT2D eigenvalue weighted by molar-refractivity contribution is 5.69. The van der Waals surface area contributed by atoms with Crippen LogP contribution in [0.2, 0.25) is 0 Å². The molecule has 0 aromatic heterocycles. The molecule has 0 aromatic carbocycles. The van der Waals surface area contributed by atoms with Crippen molar-refractivity contribution in [3.8, 4) is 0 Å². The first-order valence-electron chi connectivity index (χ1n) is 9.34. The highest BCUT2D eigenvalue weighted by Gasteiger charge is 2.46. The van der Waals surface area contributed by atoms with E-state index in [0.29, 0.717) is 72.6 Å². The highest BCUT2D eigenvalue weighted by Crippen LogP contribution is 2.29. The SMILES string of the molecule is O=C(O)CN1C[C@@H]2COCCOCCOCCOC[C@@H]3COC[C@](C1)(O3)O2. The number of carboxylic acids is 1. The second kappa shape index (κ2) is 10.6. The van der Waals surface area contributed by atoms with Crippen molar-refractivity contribution in [1.29, 1.82) is 0 Å². The molecule has 3 aliphatic rings. The Labute approximate surface area is 158 Å². The molecular weight excluding hydrogens is 362 g/mol. The van der Waals surface area contributed by atoms with Crippen molar-refractivity contribution in [2.24, 2.45) is 0 Å². The third-order valence-corrected chi connectivity index (χ3v) is 4.40. The number of hydrogen-bond donors (Lipinski definition) is 1. The predicted octanol–water partition coefficient (Wildman–Crippen LogP) is -1.04. The van der Waals surface area contributed by atoms with Gasteiger partial charge in [0.25, 0.3) is 0 Å². The molecule has 10 nitrogen and oxygen atoms in total. The van der Waals surface area contributed by atoms with Gasteiger partial charge in [0.1, 0.15) is 12.7 Å². The molecule has 3 aliphatic heterocycles. The van der Waals surface area contributed by atoms with E-state index in [4.69, 9.17) is 33.2 Å². The Bertz CT molecular complexity index is 462. The summed E-state index contributed by atoms with van der Waals surface area (Å²) in [5.41, 5.74) is 0. The third kappa shape index (κ3) is 6.91. The topological polar surface area (TPSA) is 105 Å². The highest BCUT2D eigenvalue weighted by atomic mass is 16.8. The van der Waals surface area contributed by atoms with Gasteiger partial charge < -0.3 is 38.3 Å². The van der Waals surface area contributed by atoms with E-state index in [9.17, 15) is 9.90 Å². The van der Waals surface area contributed by atoms with Crippen LogP contribution < -0.4 is 0 Å². The largest absolute Gasteiger partial charge is 0.480 e. The van der Waals surface area contributed by atoms with Gasteiger partial charge in [0.05, 0.1) is 78.7 Å². The van der Waals surface area contributed by atoms with Crippen LogP contribution >= 0.6 is 0 Å². The second-order valence-corrected chi connectivity index (χ2v) is 6.84. The Morgan fingerprint density at radius 3 is 2.07 bits per heavy atom. The van der Waals surface area contributed by atoms with Crippen LogP contribution in [0.3, 0.4) is 0 Å². The first-order valence-corrected chi connectivity index (χ1v) is 9.34. The van der Waals surface area contributed by atoms with Crippen molar-refractivity contribution in [3.63, 3.8) is 0 Å². The molecule has 0 aromatic rings. The smallest absolute Gasteiger partial charge is 0.317 e. The van der Waals surface area contributed by atoms with E-state index in [1.54, 1.807) is 4.90 Å². The van der Waals surface area contributed by atoms with Gasteiger partial charge in [0, 0.05) is 6.54 Å². The first kappa shape index (κ1) is 20.9. The van der Waals surface area contributed by atoms with Crippen LogP contribution in [-0.4, -0.2) is 120 Å². The molecule has 0 aliphatic carbocycles. The molecule has 3 rings (SSSR count). The normalized spacial score (nSPS) is 35.3. The number of rotatable bonds is 2. The van der Waals surface area contributed by atoms with Gasteiger partial charge in [-0.25, -0.2) is 0 Å². The quantitative estimate of drug-likeness (QED) is 0.628. The van der Waals surface area contributed by atoms with E-state index in [-0.39, 0.29) is 25.4 Å². The standard InChI is InChI=1S/C17H29NO9/c19-16(20)8-18-7-14-9-23-5-3-21-1-2-22-4-6-24-10-15-11-25-13-17(12-18,26-14)27-15/h14-15H,1-13H2,(H,19,20)/t14-,15-,17+/m1/s1. The van der Waals surface area contributed by atoms with Crippen molar-refractivity contribution in [2.45, 2.75) is 18.0 Å². The number of fused-ring (bicyclic) bond motifs is 2. The Hall–Kier alpha value is -0.850. The fourth-order valence-corrected chi connectivity index (χ4v) is 3.40. The maximum absolute atomic E-state index is 11.2. The summed E-state index contributed by atoms with van der Waals surface area (Å²) in [7, 11) is 0. The molecule has 0 saturated carbocycles. The Morgan fingerprint density at radius 2 is 1.41 bits per heavy atom. The van der Waals surface area contributed by atoms with E-state index < -0.39 is 11.8 Å². The molecule has 3 saturated heterocycles. The summed E-state index contributed by atoms with van der Waals surface area (Å²) in [5.74, 6) is -1.91. The molecule has 27 heavy (non-hydrogen) atoms. The summed E-state index contributed by atoms with van der Waals surface area (Å²) in [6, 6.07) is 0. The number of nitrogens with zero attached hydrogens (tertiary/aromatic N) is 1. The van der Waals surface area contributed by atoms with Gasteiger partial charge >= 0.3 is 5.97 Å². The molecule has 3 fully saturated rings. The predicted molar refractivity (Wildman–Crippen MR) is 90.6 cm³/mol. The Morgan fingerprint density at radius 1 is 0.852 bits per heavy atom. The van der Waals surface area contributed by atoms with Crippen molar-refractivity contribution in [3.05, 3.63) is 0 Å². The van der Waals surface area contributed by atoms with Gasteiger partial charge in [0.15, 0.2) is 0 Å². The minimum atomic E-state index is -1.02. The summed E-state index contributed by atoms with van der Waals surface area (Å²) >= 11 is 0. The van der Waals surface area contributed by atoms with Gasteiger partial charge in [-0.3, -0.25) is 9.69 Å². The van der Waals surface area contributed by atoms with Crippen LogP contribution in [0.15, 0.2) is 0 Å². The summed E-state index contributed by atoms with van der Waals surface area (Å²) in [6.45, 7) is 4.80. The number of carbonyl (C=O) groups is 1. The van der Waals surface area contributed by atoms with E-state index >= 15 is 0 Å². The molecule has 0 amide bonds. The zero-order valence-electron chi connectivity index (χ0n) is 15.5. The van der Waals surface area contributed by atoms with Crippen LogP contribution in [-0.2, 0) is 38.0 Å². The van der Waals surface area contributed by atoms with Crippen molar-refractivity contribution in [2.75, 3.05) is 85.7 Å². The Balaban J connectivity index is 1.64. The lowest BCUT2D eigenvalue weighted by atomic mass is 10.1. The zero-order chi connectivity index (χ0) is 19.0.